The molecule has 0 atom stereocenters. The van der Waals surface area contributed by atoms with Crippen LogP contribution in [0.3, 0.4) is 0 Å². The van der Waals surface area contributed by atoms with E-state index in [1.807, 2.05) is 11.8 Å². The molecule has 0 bridgehead atoms. The molecular weight excluding hydrogens is 299 g/mol. The summed E-state index contributed by atoms with van der Waals surface area (Å²) in [6, 6.07) is 3.34. The summed E-state index contributed by atoms with van der Waals surface area (Å²) in [5.74, 6) is -1.32. The average Bonchev–Trinajstić information content (AvgIpc) is 2.44. The van der Waals surface area contributed by atoms with Crippen LogP contribution >= 0.6 is 0 Å². The van der Waals surface area contributed by atoms with E-state index in [2.05, 4.69) is 5.32 Å². The number of aliphatic carboxylic acids is 1. The lowest BCUT2D eigenvalue weighted by Gasteiger charge is -2.42. The average molecular weight is 322 g/mol. The van der Waals surface area contributed by atoms with E-state index in [0.717, 1.165) is 12.8 Å². The first-order chi connectivity index (χ1) is 10.8. The third kappa shape index (κ3) is 4.07. The van der Waals surface area contributed by atoms with Crippen molar-refractivity contribution in [3.63, 3.8) is 0 Å². The van der Waals surface area contributed by atoms with Crippen molar-refractivity contribution in [3.8, 4) is 0 Å². The third-order valence-electron chi connectivity index (χ3n) is 4.41. The van der Waals surface area contributed by atoms with Crippen LogP contribution in [0.15, 0.2) is 12.1 Å². The zero-order valence-corrected chi connectivity index (χ0v) is 13.7. The van der Waals surface area contributed by atoms with Crippen LogP contribution in [-0.4, -0.2) is 47.1 Å². The molecule has 0 radical (unpaired) electrons. The normalized spacial score (nSPS) is 20.2. The van der Waals surface area contributed by atoms with Crippen LogP contribution in [-0.2, 0) is 4.79 Å². The lowest BCUT2D eigenvalue weighted by molar-refractivity contribution is -0.139. The first-order valence-corrected chi connectivity index (χ1v) is 7.85. The standard InChI is InChI=1S/C17H23FN2O3/c1-4-20(9-15(21)22)14-7-13(8-14)19-17(23)12-5-10(2)16(18)11(3)6-12/h5-6,13-14H,4,7-9H2,1-3H3,(H,19,23)(H,21,22). The van der Waals surface area contributed by atoms with Crippen LogP contribution in [0.2, 0.25) is 0 Å². The summed E-state index contributed by atoms with van der Waals surface area (Å²) in [5, 5.41) is 11.8. The summed E-state index contributed by atoms with van der Waals surface area (Å²) in [6.45, 7) is 5.91. The minimum Gasteiger partial charge on any atom is -0.480 e. The Morgan fingerprint density at radius 1 is 1.30 bits per heavy atom. The van der Waals surface area contributed by atoms with Gasteiger partial charge in [0.2, 0.25) is 0 Å². The van der Waals surface area contributed by atoms with Crippen molar-refractivity contribution in [1.29, 1.82) is 0 Å². The fourth-order valence-electron chi connectivity index (χ4n) is 3.02. The molecule has 0 unspecified atom stereocenters. The Morgan fingerprint density at radius 2 is 1.87 bits per heavy atom. The number of carboxylic acids is 1. The number of nitrogens with one attached hydrogen (secondary N) is 1. The van der Waals surface area contributed by atoms with E-state index in [4.69, 9.17) is 5.11 Å². The molecule has 1 saturated carbocycles. The number of rotatable bonds is 6. The molecule has 1 amide bonds. The number of carboxylic acid groups (broad SMARTS) is 1. The molecule has 1 fully saturated rings. The van der Waals surface area contributed by atoms with E-state index in [1.165, 1.54) is 0 Å². The summed E-state index contributed by atoms with van der Waals surface area (Å²) in [4.78, 5) is 25.0. The molecule has 0 aliphatic heterocycles. The highest BCUT2D eigenvalue weighted by Crippen LogP contribution is 2.26. The monoisotopic (exact) mass is 322 g/mol. The maximum atomic E-state index is 13.6. The molecule has 0 saturated heterocycles. The highest BCUT2D eigenvalue weighted by molar-refractivity contribution is 5.94. The van der Waals surface area contributed by atoms with Crippen molar-refractivity contribution in [2.45, 2.75) is 45.7 Å². The number of likely N-dealkylation sites (N-methyl/N-ethyl adjacent to an activating group) is 1. The van der Waals surface area contributed by atoms with Gasteiger partial charge < -0.3 is 10.4 Å². The van der Waals surface area contributed by atoms with Gasteiger partial charge in [0, 0.05) is 17.6 Å². The second-order valence-corrected chi connectivity index (χ2v) is 6.18. The molecule has 0 heterocycles. The van der Waals surface area contributed by atoms with Gasteiger partial charge >= 0.3 is 5.97 Å². The predicted molar refractivity (Wildman–Crippen MR) is 85.0 cm³/mol. The Morgan fingerprint density at radius 3 is 2.35 bits per heavy atom. The SMILES string of the molecule is CCN(CC(=O)O)C1CC(NC(=O)c2cc(C)c(F)c(C)c2)C1. The molecule has 1 aliphatic carbocycles. The molecule has 126 valence electrons. The minimum atomic E-state index is -0.836. The van der Waals surface area contributed by atoms with Gasteiger partial charge in [-0.25, -0.2) is 4.39 Å². The molecule has 1 aromatic carbocycles. The van der Waals surface area contributed by atoms with Gasteiger partial charge in [0.25, 0.3) is 5.91 Å². The van der Waals surface area contributed by atoms with Crippen LogP contribution in [0.4, 0.5) is 4.39 Å². The van der Waals surface area contributed by atoms with Crippen molar-refractivity contribution >= 4 is 11.9 Å². The van der Waals surface area contributed by atoms with Crippen molar-refractivity contribution in [3.05, 3.63) is 34.6 Å². The van der Waals surface area contributed by atoms with E-state index < -0.39 is 5.97 Å². The van der Waals surface area contributed by atoms with Crippen LogP contribution in [0.5, 0.6) is 0 Å². The van der Waals surface area contributed by atoms with Crippen molar-refractivity contribution in [1.82, 2.24) is 10.2 Å². The van der Waals surface area contributed by atoms with Gasteiger partial charge in [-0.15, -0.1) is 0 Å². The Hall–Kier alpha value is -1.95. The Balaban J connectivity index is 1.90. The van der Waals surface area contributed by atoms with E-state index >= 15 is 0 Å². The summed E-state index contributed by atoms with van der Waals surface area (Å²) in [7, 11) is 0. The lowest BCUT2D eigenvalue weighted by Crippen LogP contribution is -2.54. The number of benzene rings is 1. The molecule has 6 heteroatoms. The van der Waals surface area contributed by atoms with Crippen LogP contribution in [0.25, 0.3) is 0 Å². The predicted octanol–water partition coefficient (Wildman–Crippen LogP) is 2.11. The Bertz CT molecular complexity index is 589. The first kappa shape index (κ1) is 17.4. The molecule has 2 N–H and O–H groups in total. The van der Waals surface area contributed by atoms with Crippen LogP contribution < -0.4 is 5.32 Å². The second-order valence-electron chi connectivity index (χ2n) is 6.18. The molecule has 2 rings (SSSR count). The Kier molecular flexibility index (Phi) is 5.36. The molecule has 1 aromatic rings. The van der Waals surface area contributed by atoms with Gasteiger partial charge in [-0.3, -0.25) is 14.5 Å². The van der Waals surface area contributed by atoms with Crippen molar-refractivity contribution < 1.29 is 19.1 Å². The third-order valence-corrected chi connectivity index (χ3v) is 4.41. The topological polar surface area (TPSA) is 69.6 Å². The number of hydrogen-bond donors (Lipinski definition) is 2. The highest BCUT2D eigenvalue weighted by atomic mass is 19.1. The quantitative estimate of drug-likeness (QED) is 0.841. The van der Waals surface area contributed by atoms with Gasteiger partial charge in [-0.1, -0.05) is 6.92 Å². The second kappa shape index (κ2) is 7.08. The fraction of sp³-hybridized carbons (Fsp3) is 0.529. The van der Waals surface area contributed by atoms with Crippen molar-refractivity contribution in [2.24, 2.45) is 0 Å². The van der Waals surface area contributed by atoms with Crippen LogP contribution in [0, 0.1) is 19.7 Å². The van der Waals surface area contributed by atoms with E-state index in [0.29, 0.717) is 23.2 Å². The van der Waals surface area contributed by atoms with Gasteiger partial charge in [0.05, 0.1) is 6.54 Å². The molecule has 5 nitrogen and oxygen atoms in total. The number of nitrogens with zero attached hydrogens (tertiary/aromatic N) is 1. The molecule has 23 heavy (non-hydrogen) atoms. The van der Waals surface area contributed by atoms with E-state index in [1.54, 1.807) is 26.0 Å². The largest absolute Gasteiger partial charge is 0.480 e. The number of carbonyl (C=O) groups excluding carboxylic acids is 1. The van der Waals surface area contributed by atoms with E-state index in [-0.39, 0.29) is 30.4 Å². The summed E-state index contributed by atoms with van der Waals surface area (Å²) in [6.07, 6.45) is 1.48. The molecular formula is C17H23FN2O3. The number of aryl methyl sites for hydroxylation is 2. The maximum Gasteiger partial charge on any atom is 0.317 e. The maximum absolute atomic E-state index is 13.6. The van der Waals surface area contributed by atoms with Gasteiger partial charge in [-0.05, 0) is 56.5 Å². The summed E-state index contributed by atoms with van der Waals surface area (Å²) in [5.41, 5.74) is 1.38. The van der Waals surface area contributed by atoms with E-state index in [9.17, 15) is 14.0 Å². The molecule has 1 aliphatic rings. The highest BCUT2D eigenvalue weighted by Gasteiger charge is 2.34. The summed E-state index contributed by atoms with van der Waals surface area (Å²) >= 11 is 0. The minimum absolute atomic E-state index is 0.0260. The number of amides is 1. The van der Waals surface area contributed by atoms with Crippen molar-refractivity contribution in [2.75, 3.05) is 13.1 Å². The molecule has 0 spiro atoms. The first-order valence-electron chi connectivity index (χ1n) is 7.85. The number of carbonyl (C=O) groups is 2. The van der Waals surface area contributed by atoms with Gasteiger partial charge in [0.15, 0.2) is 0 Å². The fourth-order valence-corrected chi connectivity index (χ4v) is 3.02. The Labute approximate surface area is 135 Å². The zero-order chi connectivity index (χ0) is 17.1. The number of hydrogen-bond acceptors (Lipinski definition) is 3. The van der Waals surface area contributed by atoms with Gasteiger partial charge in [0.1, 0.15) is 5.82 Å². The zero-order valence-electron chi connectivity index (χ0n) is 13.7. The van der Waals surface area contributed by atoms with Gasteiger partial charge in [-0.2, -0.15) is 0 Å². The van der Waals surface area contributed by atoms with Crippen LogP contribution in [0.1, 0.15) is 41.3 Å². The number of halogens is 1. The lowest BCUT2D eigenvalue weighted by atomic mass is 9.85. The smallest absolute Gasteiger partial charge is 0.317 e. The molecule has 0 aromatic heterocycles. The summed E-state index contributed by atoms with van der Waals surface area (Å²) < 4.78 is 13.6.